The number of hydrogen-bond acceptors (Lipinski definition) is 1. The third-order valence-electron chi connectivity index (χ3n) is 1.71. The van der Waals surface area contributed by atoms with Crippen molar-refractivity contribution in [2.75, 3.05) is 0 Å². The van der Waals surface area contributed by atoms with Crippen LogP contribution < -0.4 is 5.56 Å². The molecule has 4 radical (unpaired) electrons. The summed E-state index contributed by atoms with van der Waals surface area (Å²) in [5.74, 6) is -0.742. The Morgan fingerprint density at radius 2 is 1.92 bits per heavy atom. The molecule has 1 N–H and O–H groups in total. The minimum absolute atomic E-state index is 0. The molecule has 64 valence electrons. The first-order chi connectivity index (χ1) is 5.77. The SMILES string of the molecule is O=c1[nH]c2ccccc2cc1F.[Pb]. The molecule has 2 aromatic rings. The minimum Gasteiger partial charge on any atom is -0.319 e. The molecule has 1 aromatic carbocycles. The molecule has 0 amide bonds. The largest absolute Gasteiger partial charge is 0.319 e. The Morgan fingerprint density at radius 1 is 1.23 bits per heavy atom. The van der Waals surface area contributed by atoms with Crippen LogP contribution in [0.1, 0.15) is 0 Å². The van der Waals surface area contributed by atoms with Gasteiger partial charge in [0.05, 0.1) is 0 Å². The molecule has 0 spiro atoms. The number of aromatic nitrogens is 1. The van der Waals surface area contributed by atoms with E-state index in [9.17, 15) is 9.18 Å². The van der Waals surface area contributed by atoms with Crippen molar-refractivity contribution in [3.63, 3.8) is 0 Å². The summed E-state index contributed by atoms with van der Waals surface area (Å²) in [4.78, 5) is 13.2. The summed E-state index contributed by atoms with van der Waals surface area (Å²) < 4.78 is 12.7. The van der Waals surface area contributed by atoms with Crippen molar-refractivity contribution in [2.45, 2.75) is 0 Å². The monoisotopic (exact) mass is 371 g/mol. The van der Waals surface area contributed by atoms with Crippen LogP contribution in [0, 0.1) is 5.82 Å². The maximum atomic E-state index is 12.7. The molecular weight excluding hydrogens is 364 g/mol. The van der Waals surface area contributed by atoms with E-state index in [0.717, 1.165) is 0 Å². The van der Waals surface area contributed by atoms with E-state index in [0.29, 0.717) is 10.9 Å². The number of pyridine rings is 1. The van der Waals surface area contributed by atoms with Crippen LogP contribution in [0.5, 0.6) is 0 Å². The van der Waals surface area contributed by atoms with Gasteiger partial charge in [-0.25, -0.2) is 4.39 Å². The standard InChI is InChI=1S/C9H6FNO.Pb/c10-7-5-6-3-1-2-4-8(6)11-9(7)12;/h1-5H,(H,11,12);. The first-order valence-electron chi connectivity index (χ1n) is 3.55. The molecule has 0 aliphatic rings. The second-order valence-corrected chi connectivity index (χ2v) is 2.53. The third kappa shape index (κ3) is 1.96. The van der Waals surface area contributed by atoms with E-state index in [1.807, 2.05) is 0 Å². The van der Waals surface area contributed by atoms with Crippen molar-refractivity contribution >= 4 is 38.2 Å². The number of halogens is 1. The Labute approximate surface area is 93.9 Å². The summed E-state index contributed by atoms with van der Waals surface area (Å²) in [6.07, 6.45) is 0. The van der Waals surface area contributed by atoms with Gasteiger partial charge in [-0.1, -0.05) is 18.2 Å². The molecule has 0 bridgehead atoms. The summed E-state index contributed by atoms with van der Waals surface area (Å²) in [6.45, 7) is 0. The normalized spacial score (nSPS) is 9.62. The quantitative estimate of drug-likeness (QED) is 0.697. The number of rotatable bonds is 0. The van der Waals surface area contributed by atoms with Gasteiger partial charge in [0.1, 0.15) is 0 Å². The van der Waals surface area contributed by atoms with E-state index >= 15 is 0 Å². The van der Waals surface area contributed by atoms with E-state index in [-0.39, 0.29) is 27.3 Å². The molecule has 0 aliphatic heterocycles. The Morgan fingerprint density at radius 3 is 2.69 bits per heavy atom. The topological polar surface area (TPSA) is 32.9 Å². The van der Waals surface area contributed by atoms with Crippen molar-refractivity contribution in [1.82, 2.24) is 4.98 Å². The van der Waals surface area contributed by atoms with Gasteiger partial charge in [-0.05, 0) is 12.1 Å². The summed E-state index contributed by atoms with van der Waals surface area (Å²) >= 11 is 0. The van der Waals surface area contributed by atoms with Crippen LogP contribution in [0.15, 0.2) is 35.1 Å². The number of benzene rings is 1. The minimum atomic E-state index is -0.742. The Kier molecular flexibility index (Phi) is 3.18. The first kappa shape index (κ1) is 10.4. The van der Waals surface area contributed by atoms with Crippen LogP contribution in [0.3, 0.4) is 0 Å². The zero-order valence-corrected chi connectivity index (χ0v) is 10.6. The van der Waals surface area contributed by atoms with Crippen LogP contribution in [-0.2, 0) is 0 Å². The number of fused-ring (bicyclic) bond motifs is 1. The number of para-hydroxylation sites is 1. The fraction of sp³-hybridized carbons (Fsp3) is 0. The molecule has 2 rings (SSSR count). The number of aromatic amines is 1. The number of H-pyrrole nitrogens is 1. The second kappa shape index (κ2) is 3.99. The summed E-state index contributed by atoms with van der Waals surface area (Å²) in [5, 5.41) is 0.703. The van der Waals surface area contributed by atoms with E-state index in [1.54, 1.807) is 24.3 Å². The summed E-state index contributed by atoms with van der Waals surface area (Å²) in [5.41, 5.74) is -0.0161. The maximum absolute atomic E-state index is 12.7. The van der Waals surface area contributed by atoms with E-state index < -0.39 is 11.4 Å². The summed E-state index contributed by atoms with van der Waals surface area (Å²) in [7, 11) is 0. The van der Waals surface area contributed by atoms with Gasteiger partial charge in [-0.15, -0.1) is 0 Å². The van der Waals surface area contributed by atoms with Gasteiger partial charge in [-0.3, -0.25) is 4.79 Å². The summed E-state index contributed by atoms with van der Waals surface area (Å²) in [6, 6.07) is 8.29. The van der Waals surface area contributed by atoms with Crippen molar-refractivity contribution in [3.05, 3.63) is 46.5 Å². The van der Waals surface area contributed by atoms with Crippen LogP contribution in [0.4, 0.5) is 4.39 Å². The Bertz CT molecular complexity index is 480. The smallest absolute Gasteiger partial charge is 0.284 e. The van der Waals surface area contributed by atoms with E-state index in [4.69, 9.17) is 0 Å². The predicted octanol–water partition coefficient (Wildman–Crippen LogP) is 1.29. The molecule has 0 saturated heterocycles. The van der Waals surface area contributed by atoms with Gasteiger partial charge in [0.15, 0.2) is 5.82 Å². The van der Waals surface area contributed by atoms with Crippen LogP contribution in [0.2, 0.25) is 0 Å². The van der Waals surface area contributed by atoms with Crippen molar-refractivity contribution in [2.24, 2.45) is 0 Å². The van der Waals surface area contributed by atoms with Crippen LogP contribution in [0.25, 0.3) is 10.9 Å². The average molecular weight is 370 g/mol. The molecule has 4 heteroatoms. The van der Waals surface area contributed by atoms with Gasteiger partial charge in [-0.2, -0.15) is 0 Å². The van der Waals surface area contributed by atoms with E-state index in [2.05, 4.69) is 4.98 Å². The maximum Gasteiger partial charge on any atom is 0.284 e. The van der Waals surface area contributed by atoms with Gasteiger partial charge in [0.2, 0.25) is 0 Å². The molecule has 0 saturated carbocycles. The van der Waals surface area contributed by atoms with Crippen molar-refractivity contribution in [1.29, 1.82) is 0 Å². The molecule has 0 unspecified atom stereocenters. The molecule has 0 aliphatic carbocycles. The third-order valence-corrected chi connectivity index (χ3v) is 1.71. The molecule has 13 heavy (non-hydrogen) atoms. The zero-order valence-electron chi connectivity index (χ0n) is 6.67. The Hall–Kier alpha value is -0.718. The van der Waals surface area contributed by atoms with E-state index in [1.165, 1.54) is 6.07 Å². The first-order valence-corrected chi connectivity index (χ1v) is 3.55. The van der Waals surface area contributed by atoms with Gasteiger partial charge in [0, 0.05) is 38.2 Å². The van der Waals surface area contributed by atoms with Crippen molar-refractivity contribution < 1.29 is 4.39 Å². The van der Waals surface area contributed by atoms with Crippen LogP contribution >= 0.6 is 0 Å². The Balaban J connectivity index is 0.000000845. The van der Waals surface area contributed by atoms with Gasteiger partial charge >= 0.3 is 0 Å². The number of nitrogens with one attached hydrogen (secondary N) is 1. The molecule has 0 fully saturated rings. The molecular formula is C9H6FNOPb. The van der Waals surface area contributed by atoms with Gasteiger partial charge < -0.3 is 4.98 Å². The molecule has 2 nitrogen and oxygen atoms in total. The van der Waals surface area contributed by atoms with Crippen LogP contribution in [-0.4, -0.2) is 32.3 Å². The molecule has 1 aromatic heterocycles. The van der Waals surface area contributed by atoms with Crippen molar-refractivity contribution in [3.8, 4) is 0 Å². The zero-order chi connectivity index (χ0) is 8.55. The predicted molar refractivity (Wildman–Crippen MR) is 50.3 cm³/mol. The fourth-order valence-corrected chi connectivity index (χ4v) is 1.12. The molecule has 1 heterocycles. The fourth-order valence-electron chi connectivity index (χ4n) is 1.12. The second-order valence-electron chi connectivity index (χ2n) is 2.53. The van der Waals surface area contributed by atoms with Gasteiger partial charge in [0.25, 0.3) is 5.56 Å². The number of hydrogen-bond donors (Lipinski definition) is 1. The average Bonchev–Trinajstić information content (AvgIpc) is 2.07. The molecule has 0 atom stereocenters.